The van der Waals surface area contributed by atoms with Crippen molar-refractivity contribution in [3.63, 3.8) is 0 Å². The average molecular weight is 468 g/mol. The zero-order valence-corrected chi connectivity index (χ0v) is 18.6. The fourth-order valence-corrected chi connectivity index (χ4v) is 3.96. The average Bonchev–Trinajstić information content (AvgIpc) is 2.87. The molecular weight excluding hydrogens is 446 g/mol. The molecule has 1 aromatic carbocycles. The highest BCUT2D eigenvalue weighted by Gasteiger charge is 2.29. The van der Waals surface area contributed by atoms with Crippen LogP contribution < -0.4 is 10.0 Å². The van der Waals surface area contributed by atoms with E-state index in [1.165, 1.54) is 28.9 Å². The van der Waals surface area contributed by atoms with Gasteiger partial charge in [-0.15, -0.1) is 0 Å². The standard InChI is InChI=1S/C18H22BrN5O3S/c1-11(18(2,3)4)21-17(25)15-14(16(19)22-24(15)5)23-28(26,27)13-8-6-12(10-20)7-9-13/h6-9,11,23H,1-5H3,(H,21,25)/t11-/m0/s1. The molecule has 0 radical (unpaired) electrons. The van der Waals surface area contributed by atoms with Gasteiger partial charge in [-0.3, -0.25) is 14.2 Å². The molecule has 1 heterocycles. The minimum absolute atomic E-state index is 0.0309. The van der Waals surface area contributed by atoms with Crippen LogP contribution >= 0.6 is 15.9 Å². The van der Waals surface area contributed by atoms with E-state index in [-0.39, 0.29) is 32.3 Å². The number of carbonyl (C=O) groups excluding carboxylic acids is 1. The zero-order chi connectivity index (χ0) is 21.3. The van der Waals surface area contributed by atoms with Crippen molar-refractivity contribution < 1.29 is 13.2 Å². The molecule has 2 N–H and O–H groups in total. The van der Waals surface area contributed by atoms with Crippen LogP contribution in [-0.4, -0.2) is 30.1 Å². The number of nitriles is 1. The van der Waals surface area contributed by atoms with Gasteiger partial charge < -0.3 is 5.32 Å². The smallest absolute Gasteiger partial charge is 0.272 e. The predicted molar refractivity (Wildman–Crippen MR) is 109 cm³/mol. The van der Waals surface area contributed by atoms with Crippen LogP contribution in [0.25, 0.3) is 0 Å². The third kappa shape index (κ3) is 4.72. The molecule has 2 aromatic rings. The summed E-state index contributed by atoms with van der Waals surface area (Å²) in [5.74, 6) is -0.444. The molecule has 0 saturated carbocycles. The van der Waals surface area contributed by atoms with E-state index in [2.05, 4.69) is 31.1 Å². The number of benzene rings is 1. The number of hydrogen-bond donors (Lipinski definition) is 2. The number of nitrogens with one attached hydrogen (secondary N) is 2. The Hall–Kier alpha value is -2.38. The maximum Gasteiger partial charge on any atom is 0.272 e. The third-order valence-electron chi connectivity index (χ3n) is 4.40. The van der Waals surface area contributed by atoms with E-state index in [0.717, 1.165) is 0 Å². The largest absolute Gasteiger partial charge is 0.348 e. The van der Waals surface area contributed by atoms with Crippen LogP contribution in [0.15, 0.2) is 33.8 Å². The maximum absolute atomic E-state index is 12.8. The fourth-order valence-electron chi connectivity index (χ4n) is 2.23. The summed E-state index contributed by atoms with van der Waals surface area (Å²) in [5.41, 5.74) is 0.302. The lowest BCUT2D eigenvalue weighted by Gasteiger charge is -2.28. The molecule has 1 amide bonds. The molecule has 1 atom stereocenters. The van der Waals surface area contributed by atoms with E-state index in [1.54, 1.807) is 7.05 Å². The number of halogens is 1. The Bertz CT molecular complexity index is 1030. The number of hydrogen-bond acceptors (Lipinski definition) is 5. The van der Waals surface area contributed by atoms with E-state index in [9.17, 15) is 13.2 Å². The summed E-state index contributed by atoms with van der Waals surface area (Å²) in [6.45, 7) is 7.85. The van der Waals surface area contributed by atoms with Crippen molar-refractivity contribution in [3.05, 3.63) is 40.1 Å². The van der Waals surface area contributed by atoms with Gasteiger partial charge in [0, 0.05) is 13.1 Å². The number of rotatable bonds is 5. The van der Waals surface area contributed by atoms with Crippen molar-refractivity contribution in [1.29, 1.82) is 5.26 Å². The Morgan fingerprint density at radius 3 is 2.36 bits per heavy atom. The number of sulfonamides is 1. The van der Waals surface area contributed by atoms with Crippen LogP contribution in [0.4, 0.5) is 5.69 Å². The lowest BCUT2D eigenvalue weighted by Crippen LogP contribution is -2.42. The number of aryl methyl sites for hydroxylation is 1. The number of anilines is 1. The first-order chi connectivity index (χ1) is 12.9. The Labute approximate surface area is 173 Å². The van der Waals surface area contributed by atoms with Gasteiger partial charge in [0.1, 0.15) is 5.69 Å². The van der Waals surface area contributed by atoms with Gasteiger partial charge in [0.15, 0.2) is 10.3 Å². The summed E-state index contributed by atoms with van der Waals surface area (Å²) >= 11 is 3.21. The Morgan fingerprint density at radius 1 is 1.29 bits per heavy atom. The number of amides is 1. The SMILES string of the molecule is C[C@H](NC(=O)c1c(NS(=O)(=O)c2ccc(C#N)cc2)c(Br)nn1C)C(C)(C)C. The maximum atomic E-state index is 12.8. The lowest BCUT2D eigenvalue weighted by molar-refractivity contribution is 0.0901. The number of nitrogens with zero attached hydrogens (tertiary/aromatic N) is 3. The second-order valence-corrected chi connectivity index (χ2v) is 9.87. The lowest BCUT2D eigenvalue weighted by atomic mass is 9.88. The van der Waals surface area contributed by atoms with E-state index >= 15 is 0 Å². The summed E-state index contributed by atoms with van der Waals surface area (Å²) in [6.07, 6.45) is 0. The van der Waals surface area contributed by atoms with Crippen LogP contribution in [0.5, 0.6) is 0 Å². The topological polar surface area (TPSA) is 117 Å². The summed E-state index contributed by atoms with van der Waals surface area (Å²) in [4.78, 5) is 12.8. The molecule has 0 aliphatic carbocycles. The van der Waals surface area contributed by atoms with Crippen LogP contribution in [0.2, 0.25) is 0 Å². The van der Waals surface area contributed by atoms with Crippen molar-refractivity contribution in [2.45, 2.75) is 38.6 Å². The van der Waals surface area contributed by atoms with Gasteiger partial charge in [0.05, 0.1) is 16.5 Å². The van der Waals surface area contributed by atoms with Gasteiger partial charge in [-0.05, 0) is 52.5 Å². The Kier molecular flexibility index (Phi) is 6.21. The molecule has 8 nitrogen and oxygen atoms in total. The summed E-state index contributed by atoms with van der Waals surface area (Å²) in [6, 6.07) is 7.25. The first-order valence-corrected chi connectivity index (χ1v) is 10.7. The third-order valence-corrected chi connectivity index (χ3v) is 6.32. The minimum atomic E-state index is -3.98. The Balaban J connectivity index is 2.38. The van der Waals surface area contributed by atoms with Crippen molar-refractivity contribution in [3.8, 4) is 6.07 Å². The highest BCUT2D eigenvalue weighted by molar-refractivity contribution is 9.10. The molecule has 2 rings (SSSR count). The molecular formula is C18H22BrN5O3S. The van der Waals surface area contributed by atoms with Crippen molar-refractivity contribution in [1.82, 2.24) is 15.1 Å². The molecule has 0 aliphatic heterocycles. The Morgan fingerprint density at radius 2 is 1.86 bits per heavy atom. The molecule has 0 bridgehead atoms. The molecule has 150 valence electrons. The second kappa shape index (κ2) is 7.93. The minimum Gasteiger partial charge on any atom is -0.348 e. The van der Waals surface area contributed by atoms with E-state index in [1.807, 2.05) is 33.8 Å². The van der Waals surface area contributed by atoms with Crippen LogP contribution in [0.1, 0.15) is 43.7 Å². The van der Waals surface area contributed by atoms with Crippen LogP contribution in [-0.2, 0) is 17.1 Å². The summed E-state index contributed by atoms with van der Waals surface area (Å²) < 4.78 is 29.4. The molecule has 1 aromatic heterocycles. The zero-order valence-electron chi connectivity index (χ0n) is 16.2. The van der Waals surface area contributed by atoms with Crippen LogP contribution in [0, 0.1) is 16.7 Å². The number of aromatic nitrogens is 2. The van der Waals surface area contributed by atoms with Gasteiger partial charge in [0.25, 0.3) is 15.9 Å². The van der Waals surface area contributed by atoms with E-state index < -0.39 is 15.9 Å². The monoisotopic (exact) mass is 467 g/mol. The van der Waals surface area contributed by atoms with Gasteiger partial charge in [0.2, 0.25) is 0 Å². The first kappa shape index (κ1) is 21.9. The van der Waals surface area contributed by atoms with E-state index in [0.29, 0.717) is 5.56 Å². The molecule has 0 saturated heterocycles. The predicted octanol–water partition coefficient (Wildman–Crippen LogP) is 3.02. The quantitative estimate of drug-likeness (QED) is 0.700. The second-order valence-electron chi connectivity index (χ2n) is 7.44. The van der Waals surface area contributed by atoms with Gasteiger partial charge >= 0.3 is 0 Å². The molecule has 0 aliphatic rings. The number of carbonyl (C=O) groups is 1. The van der Waals surface area contributed by atoms with E-state index in [4.69, 9.17) is 5.26 Å². The highest BCUT2D eigenvalue weighted by Crippen LogP contribution is 2.29. The summed E-state index contributed by atoms with van der Waals surface area (Å²) in [7, 11) is -2.43. The van der Waals surface area contributed by atoms with Crippen molar-refractivity contribution in [2.24, 2.45) is 12.5 Å². The molecule has 28 heavy (non-hydrogen) atoms. The van der Waals surface area contributed by atoms with Crippen molar-refractivity contribution in [2.75, 3.05) is 4.72 Å². The first-order valence-electron chi connectivity index (χ1n) is 8.43. The van der Waals surface area contributed by atoms with Gasteiger partial charge in [-0.2, -0.15) is 10.4 Å². The molecule has 0 fully saturated rings. The fraction of sp³-hybridized carbons (Fsp3) is 0.389. The normalized spacial score (nSPS) is 12.9. The highest BCUT2D eigenvalue weighted by atomic mass is 79.9. The molecule has 0 unspecified atom stereocenters. The molecule has 10 heteroatoms. The summed E-state index contributed by atoms with van der Waals surface area (Å²) in [5, 5.41) is 15.8. The van der Waals surface area contributed by atoms with Crippen LogP contribution in [0.3, 0.4) is 0 Å². The molecule has 0 spiro atoms. The van der Waals surface area contributed by atoms with Gasteiger partial charge in [-0.1, -0.05) is 20.8 Å². The van der Waals surface area contributed by atoms with Gasteiger partial charge in [-0.25, -0.2) is 8.42 Å². The van der Waals surface area contributed by atoms with Crippen molar-refractivity contribution >= 4 is 37.5 Å².